The standard InChI is InChI=1S/C7H12N2O2.H3N/c1-2-3-5(7(9)11)4-6(8)10;/h4H,2-3H2,1H3,(H2,8,10)(H2,9,11);1H3. The largest absolute Gasteiger partial charge is 0.366 e. The maximum atomic E-state index is 10.6. The van der Waals surface area contributed by atoms with Crippen molar-refractivity contribution in [1.29, 1.82) is 0 Å². The molecule has 0 heterocycles. The van der Waals surface area contributed by atoms with Crippen molar-refractivity contribution in [2.45, 2.75) is 19.8 Å². The summed E-state index contributed by atoms with van der Waals surface area (Å²) in [6, 6.07) is 0. The molecule has 0 saturated carbocycles. The Hall–Kier alpha value is -1.36. The molecule has 0 rings (SSSR count). The van der Waals surface area contributed by atoms with Crippen LogP contribution >= 0.6 is 0 Å². The van der Waals surface area contributed by atoms with Crippen molar-refractivity contribution in [3.8, 4) is 0 Å². The van der Waals surface area contributed by atoms with E-state index in [0.29, 0.717) is 12.0 Å². The molecule has 0 radical (unpaired) electrons. The van der Waals surface area contributed by atoms with Gasteiger partial charge in [0.05, 0.1) is 0 Å². The first kappa shape index (κ1) is 13.2. The third kappa shape index (κ3) is 5.43. The summed E-state index contributed by atoms with van der Waals surface area (Å²) in [6.45, 7) is 1.89. The molecule has 0 fully saturated rings. The fraction of sp³-hybridized carbons (Fsp3) is 0.429. The quantitative estimate of drug-likeness (QED) is 0.512. The van der Waals surface area contributed by atoms with Crippen molar-refractivity contribution in [2.24, 2.45) is 11.5 Å². The molecule has 0 aromatic carbocycles. The van der Waals surface area contributed by atoms with Crippen LogP contribution in [0.15, 0.2) is 11.6 Å². The molecule has 0 aliphatic carbocycles. The molecule has 5 nitrogen and oxygen atoms in total. The fourth-order valence-corrected chi connectivity index (χ4v) is 0.708. The molecule has 0 bridgehead atoms. The molecule has 0 unspecified atom stereocenters. The molecule has 0 aromatic rings. The minimum Gasteiger partial charge on any atom is -0.366 e. The number of hydrogen-bond donors (Lipinski definition) is 3. The first-order valence-electron chi connectivity index (χ1n) is 3.37. The maximum absolute atomic E-state index is 10.6. The molecule has 12 heavy (non-hydrogen) atoms. The van der Waals surface area contributed by atoms with Gasteiger partial charge in [0.15, 0.2) is 0 Å². The molecule has 5 heteroatoms. The van der Waals surface area contributed by atoms with Gasteiger partial charge in [-0.2, -0.15) is 0 Å². The lowest BCUT2D eigenvalue weighted by Crippen LogP contribution is -2.17. The van der Waals surface area contributed by atoms with Crippen LogP contribution < -0.4 is 17.6 Å². The Morgan fingerprint density at radius 1 is 1.33 bits per heavy atom. The van der Waals surface area contributed by atoms with Gasteiger partial charge in [-0.3, -0.25) is 9.59 Å². The molecular weight excluding hydrogens is 158 g/mol. The number of nitrogens with two attached hydrogens (primary N) is 2. The lowest BCUT2D eigenvalue weighted by molar-refractivity contribution is -0.116. The van der Waals surface area contributed by atoms with Gasteiger partial charge in [-0.15, -0.1) is 0 Å². The monoisotopic (exact) mass is 173 g/mol. The molecule has 0 aromatic heterocycles. The molecule has 70 valence electrons. The molecule has 0 atom stereocenters. The van der Waals surface area contributed by atoms with Gasteiger partial charge in [0.2, 0.25) is 11.8 Å². The lowest BCUT2D eigenvalue weighted by atomic mass is 10.1. The first-order valence-corrected chi connectivity index (χ1v) is 3.37. The highest BCUT2D eigenvalue weighted by atomic mass is 16.1. The Morgan fingerprint density at radius 2 is 1.83 bits per heavy atom. The number of carbonyl (C=O) groups is 2. The number of hydrogen-bond acceptors (Lipinski definition) is 3. The minimum atomic E-state index is -0.632. The van der Waals surface area contributed by atoms with Crippen LogP contribution in [0.1, 0.15) is 19.8 Å². The summed E-state index contributed by atoms with van der Waals surface area (Å²) in [5, 5.41) is 0. The van der Waals surface area contributed by atoms with Crippen molar-refractivity contribution in [3.05, 3.63) is 11.6 Å². The minimum absolute atomic E-state index is 0. The average molecular weight is 173 g/mol. The van der Waals surface area contributed by atoms with E-state index in [9.17, 15) is 9.59 Å². The van der Waals surface area contributed by atoms with E-state index in [4.69, 9.17) is 11.5 Å². The summed E-state index contributed by atoms with van der Waals surface area (Å²) in [4.78, 5) is 20.9. The number of primary amides is 2. The fourth-order valence-electron chi connectivity index (χ4n) is 0.708. The number of rotatable bonds is 4. The van der Waals surface area contributed by atoms with E-state index in [0.717, 1.165) is 12.5 Å². The molecular formula is C7H15N3O2. The van der Waals surface area contributed by atoms with E-state index in [-0.39, 0.29) is 6.15 Å². The molecule has 2 amide bonds. The molecule has 0 aliphatic heterocycles. The van der Waals surface area contributed by atoms with E-state index in [1.54, 1.807) is 0 Å². The summed E-state index contributed by atoms with van der Waals surface area (Å²) in [6.07, 6.45) is 2.34. The highest BCUT2D eigenvalue weighted by Gasteiger charge is 2.03. The highest BCUT2D eigenvalue weighted by Crippen LogP contribution is 2.02. The van der Waals surface area contributed by atoms with Gasteiger partial charge in [-0.1, -0.05) is 13.3 Å². The topological polar surface area (TPSA) is 121 Å². The maximum Gasteiger partial charge on any atom is 0.244 e. The molecule has 0 spiro atoms. The second-order valence-corrected chi connectivity index (χ2v) is 2.19. The van der Waals surface area contributed by atoms with Crippen molar-refractivity contribution in [1.82, 2.24) is 6.15 Å². The zero-order chi connectivity index (χ0) is 8.85. The third-order valence-electron chi connectivity index (χ3n) is 1.15. The zero-order valence-corrected chi connectivity index (χ0v) is 7.17. The van der Waals surface area contributed by atoms with Crippen LogP contribution in [-0.2, 0) is 9.59 Å². The highest BCUT2D eigenvalue weighted by molar-refractivity contribution is 5.99. The second-order valence-electron chi connectivity index (χ2n) is 2.19. The van der Waals surface area contributed by atoms with Crippen LogP contribution in [0, 0.1) is 0 Å². The summed E-state index contributed by atoms with van der Waals surface area (Å²) in [5.41, 5.74) is 10.1. The van der Waals surface area contributed by atoms with Gasteiger partial charge in [-0.05, 0) is 6.42 Å². The van der Waals surface area contributed by atoms with Gasteiger partial charge in [0, 0.05) is 11.6 Å². The Bertz CT molecular complexity index is 199. The number of amides is 2. The average Bonchev–Trinajstić information content (AvgIpc) is 1.86. The zero-order valence-electron chi connectivity index (χ0n) is 7.17. The Balaban J connectivity index is 0. The molecule has 0 saturated heterocycles. The summed E-state index contributed by atoms with van der Waals surface area (Å²) in [7, 11) is 0. The third-order valence-corrected chi connectivity index (χ3v) is 1.15. The van der Waals surface area contributed by atoms with Crippen LogP contribution in [0.2, 0.25) is 0 Å². The van der Waals surface area contributed by atoms with Gasteiger partial charge < -0.3 is 17.6 Å². The Morgan fingerprint density at radius 3 is 2.08 bits per heavy atom. The van der Waals surface area contributed by atoms with E-state index >= 15 is 0 Å². The summed E-state index contributed by atoms with van der Waals surface area (Å²) < 4.78 is 0. The predicted octanol–water partition coefficient (Wildman–Crippen LogP) is -0.154. The summed E-state index contributed by atoms with van der Waals surface area (Å²) in [5.74, 6) is -1.21. The van der Waals surface area contributed by atoms with Gasteiger partial charge >= 0.3 is 0 Å². The van der Waals surface area contributed by atoms with Crippen LogP contribution in [0.25, 0.3) is 0 Å². The van der Waals surface area contributed by atoms with Gasteiger partial charge in [-0.25, -0.2) is 0 Å². The van der Waals surface area contributed by atoms with Crippen LogP contribution in [-0.4, -0.2) is 11.8 Å². The number of carbonyl (C=O) groups excluding carboxylic acids is 2. The van der Waals surface area contributed by atoms with Crippen molar-refractivity contribution in [2.75, 3.05) is 0 Å². The molecule has 0 aliphatic rings. The van der Waals surface area contributed by atoms with E-state index in [2.05, 4.69) is 0 Å². The smallest absolute Gasteiger partial charge is 0.244 e. The van der Waals surface area contributed by atoms with Crippen LogP contribution in [0.3, 0.4) is 0 Å². The van der Waals surface area contributed by atoms with Gasteiger partial charge in [0.25, 0.3) is 0 Å². The van der Waals surface area contributed by atoms with E-state index in [1.807, 2.05) is 6.92 Å². The SMILES string of the molecule is CCCC(=CC(N)=O)C(N)=O.N. The van der Waals surface area contributed by atoms with E-state index < -0.39 is 11.8 Å². The predicted molar refractivity (Wildman–Crippen MR) is 46.4 cm³/mol. The van der Waals surface area contributed by atoms with Crippen molar-refractivity contribution < 1.29 is 9.59 Å². The second kappa shape index (κ2) is 6.36. The van der Waals surface area contributed by atoms with Gasteiger partial charge in [0.1, 0.15) is 0 Å². The van der Waals surface area contributed by atoms with Crippen molar-refractivity contribution >= 4 is 11.8 Å². The van der Waals surface area contributed by atoms with Crippen LogP contribution in [0.5, 0.6) is 0 Å². The van der Waals surface area contributed by atoms with E-state index in [1.165, 1.54) is 0 Å². The van der Waals surface area contributed by atoms with Crippen molar-refractivity contribution in [3.63, 3.8) is 0 Å². The van der Waals surface area contributed by atoms with Crippen LogP contribution in [0.4, 0.5) is 0 Å². The normalized spacial score (nSPS) is 10.2. The Labute approximate surface area is 71.4 Å². The Kier molecular flexibility index (Phi) is 7.02. The molecule has 7 N–H and O–H groups in total. The lowest BCUT2D eigenvalue weighted by Gasteiger charge is -1.97. The summed E-state index contributed by atoms with van der Waals surface area (Å²) >= 11 is 0. The first-order chi connectivity index (χ1) is 5.07.